The number of rotatable bonds is 5. The minimum absolute atomic E-state index is 0.00132. The number of carbonyl (C=O) groups is 1. The van der Waals surface area contributed by atoms with E-state index in [0.717, 1.165) is 22.2 Å². The highest BCUT2D eigenvalue weighted by molar-refractivity contribution is 6.05. The van der Waals surface area contributed by atoms with Crippen LogP contribution < -0.4 is 16.5 Å². The molecule has 5 aromatic rings. The lowest BCUT2D eigenvalue weighted by Gasteiger charge is -2.15. The lowest BCUT2D eigenvalue weighted by atomic mass is 10.0. The zero-order chi connectivity index (χ0) is 26.3. The number of nitrogen functional groups attached to an aromatic ring is 1. The molecule has 186 valence electrons. The van der Waals surface area contributed by atoms with Gasteiger partial charge in [0.15, 0.2) is 0 Å². The summed E-state index contributed by atoms with van der Waals surface area (Å²) in [5.74, 6) is -0.539. The Bertz CT molecular complexity index is 1690. The molecule has 0 aliphatic heterocycles. The summed E-state index contributed by atoms with van der Waals surface area (Å²) in [6.45, 7) is 3.90. The van der Waals surface area contributed by atoms with Crippen LogP contribution in [0, 0.1) is 5.82 Å². The van der Waals surface area contributed by atoms with Crippen molar-refractivity contribution >= 4 is 28.4 Å². The van der Waals surface area contributed by atoms with Gasteiger partial charge >= 0.3 is 0 Å². The van der Waals surface area contributed by atoms with Crippen LogP contribution in [-0.2, 0) is 7.05 Å². The molecule has 5 rings (SSSR count). The lowest BCUT2D eigenvalue weighted by Crippen LogP contribution is -2.25. The molecule has 37 heavy (non-hydrogen) atoms. The Balaban J connectivity index is 1.47. The Morgan fingerprint density at radius 2 is 1.59 bits per heavy atom. The average molecular weight is 497 g/mol. The maximum atomic E-state index is 13.4. The molecule has 0 saturated carbocycles. The molecule has 0 bridgehead atoms. The van der Waals surface area contributed by atoms with Crippen LogP contribution in [0.5, 0.6) is 0 Å². The number of nitrogens with zero attached hydrogens (tertiary/aromatic N) is 4. The fourth-order valence-corrected chi connectivity index (χ4v) is 4.28. The summed E-state index contributed by atoms with van der Waals surface area (Å²) in [5.41, 5.74) is 9.55. The van der Waals surface area contributed by atoms with Crippen LogP contribution in [0.1, 0.15) is 30.2 Å². The molecule has 0 spiro atoms. The SMILES string of the molecule is CC(C)n1cc(C(=O)Nc2ccc(-c3cn(C)c4ncnc(N)c34)cc2)c(=O)c(-c2ccc(F)cc2)c1. The molecular formula is C28H25FN6O2. The average Bonchev–Trinajstić information content (AvgIpc) is 3.22. The largest absolute Gasteiger partial charge is 0.383 e. The van der Waals surface area contributed by atoms with E-state index in [1.165, 1.54) is 30.6 Å². The van der Waals surface area contributed by atoms with Crippen molar-refractivity contribution in [2.45, 2.75) is 19.9 Å². The fraction of sp³-hybridized carbons (Fsp3) is 0.143. The molecule has 1 amide bonds. The van der Waals surface area contributed by atoms with Gasteiger partial charge < -0.3 is 20.2 Å². The van der Waals surface area contributed by atoms with Crippen molar-refractivity contribution in [3.63, 3.8) is 0 Å². The minimum atomic E-state index is -0.529. The first-order valence-corrected chi connectivity index (χ1v) is 11.7. The van der Waals surface area contributed by atoms with Gasteiger partial charge in [-0.1, -0.05) is 24.3 Å². The van der Waals surface area contributed by atoms with Gasteiger partial charge in [0.05, 0.1) is 5.39 Å². The van der Waals surface area contributed by atoms with Gasteiger partial charge in [-0.25, -0.2) is 14.4 Å². The van der Waals surface area contributed by atoms with Crippen molar-refractivity contribution < 1.29 is 9.18 Å². The first kappa shape index (κ1) is 23.9. The Morgan fingerprint density at radius 3 is 2.27 bits per heavy atom. The molecule has 3 N–H and O–H groups in total. The summed E-state index contributed by atoms with van der Waals surface area (Å²) < 4.78 is 17.1. The molecule has 9 heteroatoms. The van der Waals surface area contributed by atoms with Gasteiger partial charge in [-0.3, -0.25) is 9.59 Å². The number of benzene rings is 2. The van der Waals surface area contributed by atoms with E-state index in [1.807, 2.05) is 43.8 Å². The number of carbonyl (C=O) groups excluding carboxylic acids is 1. The van der Waals surface area contributed by atoms with Crippen molar-refractivity contribution in [1.82, 2.24) is 19.1 Å². The molecule has 2 aromatic carbocycles. The third kappa shape index (κ3) is 4.47. The molecule has 3 aromatic heterocycles. The number of anilines is 2. The van der Waals surface area contributed by atoms with Gasteiger partial charge in [-0.05, 0) is 49.2 Å². The number of nitrogens with one attached hydrogen (secondary N) is 1. The van der Waals surface area contributed by atoms with Gasteiger partial charge in [-0.2, -0.15) is 0 Å². The normalized spacial score (nSPS) is 11.3. The molecule has 3 heterocycles. The highest BCUT2D eigenvalue weighted by Gasteiger charge is 2.18. The van der Waals surface area contributed by atoms with E-state index in [2.05, 4.69) is 15.3 Å². The third-order valence-electron chi connectivity index (χ3n) is 6.28. The summed E-state index contributed by atoms with van der Waals surface area (Å²) in [7, 11) is 1.89. The van der Waals surface area contributed by atoms with Crippen LogP contribution in [0.3, 0.4) is 0 Å². The van der Waals surface area contributed by atoms with Gasteiger partial charge in [-0.15, -0.1) is 0 Å². The van der Waals surface area contributed by atoms with E-state index in [0.29, 0.717) is 22.6 Å². The van der Waals surface area contributed by atoms with Gasteiger partial charge in [0.2, 0.25) is 5.43 Å². The molecule has 0 aliphatic carbocycles. The highest BCUT2D eigenvalue weighted by Crippen LogP contribution is 2.32. The molecular weight excluding hydrogens is 471 g/mol. The predicted molar refractivity (Wildman–Crippen MR) is 143 cm³/mol. The summed E-state index contributed by atoms with van der Waals surface area (Å²) in [6, 6.07) is 12.9. The van der Waals surface area contributed by atoms with Gasteiger partial charge in [0.1, 0.15) is 29.2 Å². The zero-order valence-electron chi connectivity index (χ0n) is 20.6. The third-order valence-corrected chi connectivity index (χ3v) is 6.28. The molecule has 0 saturated heterocycles. The molecule has 0 unspecified atom stereocenters. The molecule has 0 atom stereocenters. The predicted octanol–water partition coefficient (Wildman–Crippen LogP) is 5.02. The maximum Gasteiger partial charge on any atom is 0.261 e. The van der Waals surface area contributed by atoms with Gasteiger partial charge in [0, 0.05) is 48.5 Å². The van der Waals surface area contributed by atoms with Crippen molar-refractivity contribution in [2.75, 3.05) is 11.1 Å². The number of amides is 1. The molecule has 0 radical (unpaired) electrons. The summed E-state index contributed by atoms with van der Waals surface area (Å²) >= 11 is 0. The van der Waals surface area contributed by atoms with Crippen molar-refractivity contribution in [1.29, 1.82) is 0 Å². The lowest BCUT2D eigenvalue weighted by molar-refractivity contribution is 0.102. The fourth-order valence-electron chi connectivity index (χ4n) is 4.28. The summed E-state index contributed by atoms with van der Waals surface area (Å²) in [5, 5.41) is 3.58. The van der Waals surface area contributed by atoms with Crippen LogP contribution in [0.4, 0.5) is 15.9 Å². The van der Waals surface area contributed by atoms with E-state index in [4.69, 9.17) is 5.73 Å². The molecule has 8 nitrogen and oxygen atoms in total. The number of halogens is 1. The van der Waals surface area contributed by atoms with Crippen LogP contribution >= 0.6 is 0 Å². The number of pyridine rings is 1. The second-order valence-corrected chi connectivity index (χ2v) is 9.11. The number of fused-ring (bicyclic) bond motifs is 1. The molecule has 0 aliphatic rings. The van der Waals surface area contributed by atoms with Crippen LogP contribution in [0.2, 0.25) is 0 Å². The maximum absolute atomic E-state index is 13.4. The first-order chi connectivity index (χ1) is 17.7. The zero-order valence-corrected chi connectivity index (χ0v) is 20.6. The first-order valence-electron chi connectivity index (χ1n) is 11.7. The topological polar surface area (TPSA) is 108 Å². The second-order valence-electron chi connectivity index (χ2n) is 9.11. The standard InChI is InChI=1S/C28H25FN6O2/c1-16(2)35-13-22(18-4-8-19(29)9-5-18)25(36)23(14-35)28(37)33-20-10-6-17(7-11-20)21-12-34(3)27-24(21)26(30)31-15-32-27/h4-16H,1-3H3,(H,33,37)(H2,30,31,32). The second kappa shape index (κ2) is 9.34. The number of hydrogen-bond acceptors (Lipinski definition) is 5. The number of aromatic nitrogens is 4. The molecule has 0 fully saturated rings. The number of hydrogen-bond donors (Lipinski definition) is 2. The van der Waals surface area contributed by atoms with E-state index in [9.17, 15) is 14.0 Å². The van der Waals surface area contributed by atoms with E-state index in [1.54, 1.807) is 29.1 Å². The van der Waals surface area contributed by atoms with Crippen molar-refractivity contribution in [3.05, 3.63) is 95.1 Å². The Hall–Kier alpha value is -4.79. The highest BCUT2D eigenvalue weighted by atomic mass is 19.1. The Kier molecular flexibility index (Phi) is 6.04. The van der Waals surface area contributed by atoms with Crippen molar-refractivity contribution in [2.24, 2.45) is 7.05 Å². The van der Waals surface area contributed by atoms with E-state index in [-0.39, 0.29) is 11.6 Å². The minimum Gasteiger partial charge on any atom is -0.383 e. The quantitative estimate of drug-likeness (QED) is 0.355. The monoisotopic (exact) mass is 496 g/mol. The summed E-state index contributed by atoms with van der Waals surface area (Å²) in [6.07, 6.45) is 6.59. The van der Waals surface area contributed by atoms with Gasteiger partial charge in [0.25, 0.3) is 5.91 Å². The van der Waals surface area contributed by atoms with Crippen molar-refractivity contribution in [3.8, 4) is 22.3 Å². The van der Waals surface area contributed by atoms with E-state index >= 15 is 0 Å². The van der Waals surface area contributed by atoms with E-state index < -0.39 is 17.2 Å². The Morgan fingerprint density at radius 1 is 0.946 bits per heavy atom. The summed E-state index contributed by atoms with van der Waals surface area (Å²) in [4.78, 5) is 34.9. The smallest absolute Gasteiger partial charge is 0.261 e. The Labute approximate surface area is 212 Å². The number of nitrogens with two attached hydrogens (primary N) is 1. The van der Waals surface area contributed by atoms with Crippen LogP contribution in [0.15, 0.2) is 78.2 Å². The van der Waals surface area contributed by atoms with Crippen LogP contribution in [0.25, 0.3) is 33.3 Å². The van der Waals surface area contributed by atoms with Crippen LogP contribution in [-0.4, -0.2) is 25.0 Å². The number of aryl methyl sites for hydroxylation is 1.